The molecule has 0 aromatic heterocycles. The largest absolute Gasteiger partial charge is 0.497 e. The number of aryl methyl sites for hydroxylation is 1. The average Bonchev–Trinajstić information content (AvgIpc) is 3.07. The molecule has 0 unspecified atom stereocenters. The summed E-state index contributed by atoms with van der Waals surface area (Å²) in [5, 5.41) is 12.4. The third-order valence-corrected chi connectivity index (χ3v) is 5.14. The molecule has 1 heterocycles. The van der Waals surface area contributed by atoms with Crippen molar-refractivity contribution in [3.63, 3.8) is 0 Å². The summed E-state index contributed by atoms with van der Waals surface area (Å²) in [5.41, 5.74) is 2.67. The zero-order valence-corrected chi connectivity index (χ0v) is 13.8. The number of likely N-dealkylation sites (tertiary alicyclic amines) is 1. The molecule has 126 valence electrons. The van der Waals surface area contributed by atoms with E-state index in [1.807, 2.05) is 6.07 Å². The molecule has 2 amide bonds. The molecule has 0 saturated carbocycles. The Morgan fingerprint density at radius 1 is 1.39 bits per heavy atom. The number of hydrogen-bond acceptors (Lipinski definition) is 3. The molecule has 1 aliphatic heterocycles. The number of nitrogens with zero attached hydrogens (tertiary/aromatic N) is 1. The van der Waals surface area contributed by atoms with Gasteiger partial charge in [0.2, 0.25) is 0 Å². The average molecular weight is 318 g/mol. The number of aliphatic hydroxyl groups is 1. The van der Waals surface area contributed by atoms with Crippen molar-refractivity contribution in [3.05, 3.63) is 29.3 Å². The number of benzene rings is 1. The van der Waals surface area contributed by atoms with Crippen LogP contribution in [0.15, 0.2) is 18.2 Å². The lowest BCUT2D eigenvalue weighted by molar-refractivity contribution is 0.156. The summed E-state index contributed by atoms with van der Waals surface area (Å²) < 4.78 is 5.31. The molecule has 2 N–H and O–H groups in total. The summed E-state index contributed by atoms with van der Waals surface area (Å²) in [4.78, 5) is 14.1. The first-order valence-electron chi connectivity index (χ1n) is 8.55. The Balaban J connectivity index is 1.62. The number of carbonyl (C=O) groups excluding carboxylic acids is 1. The van der Waals surface area contributed by atoms with Crippen molar-refractivity contribution < 1.29 is 14.6 Å². The highest BCUT2D eigenvalue weighted by Crippen LogP contribution is 2.33. The van der Waals surface area contributed by atoms with E-state index in [1.54, 1.807) is 12.0 Å². The Morgan fingerprint density at radius 2 is 2.26 bits per heavy atom. The van der Waals surface area contributed by atoms with Gasteiger partial charge >= 0.3 is 6.03 Å². The maximum atomic E-state index is 12.4. The lowest BCUT2D eigenvalue weighted by Gasteiger charge is -2.28. The Morgan fingerprint density at radius 3 is 3.04 bits per heavy atom. The Labute approximate surface area is 137 Å². The van der Waals surface area contributed by atoms with Crippen LogP contribution in [-0.2, 0) is 6.42 Å². The van der Waals surface area contributed by atoms with Gasteiger partial charge in [-0.15, -0.1) is 0 Å². The number of ether oxygens (including phenoxy) is 1. The zero-order chi connectivity index (χ0) is 16.2. The topological polar surface area (TPSA) is 61.8 Å². The minimum atomic E-state index is -0.0396. The fourth-order valence-electron chi connectivity index (χ4n) is 3.84. The Bertz CT molecular complexity index is 561. The second-order valence-electron chi connectivity index (χ2n) is 6.51. The summed E-state index contributed by atoms with van der Waals surface area (Å²) in [6.45, 7) is 1.46. The molecule has 2 aliphatic rings. The van der Waals surface area contributed by atoms with Crippen LogP contribution in [0.5, 0.6) is 5.75 Å². The summed E-state index contributed by atoms with van der Waals surface area (Å²) >= 11 is 0. The first-order valence-corrected chi connectivity index (χ1v) is 8.55. The van der Waals surface area contributed by atoms with E-state index in [2.05, 4.69) is 17.4 Å². The third-order valence-electron chi connectivity index (χ3n) is 5.14. The summed E-state index contributed by atoms with van der Waals surface area (Å²) in [5.74, 6) is 1.26. The second-order valence-corrected chi connectivity index (χ2v) is 6.51. The molecule has 5 nitrogen and oxygen atoms in total. The van der Waals surface area contributed by atoms with E-state index >= 15 is 0 Å². The predicted molar refractivity (Wildman–Crippen MR) is 88.9 cm³/mol. The number of rotatable bonds is 4. The lowest BCUT2D eigenvalue weighted by atomic mass is 9.82. The van der Waals surface area contributed by atoms with Crippen LogP contribution in [0.4, 0.5) is 4.79 Å². The van der Waals surface area contributed by atoms with Crippen molar-refractivity contribution in [3.8, 4) is 5.75 Å². The summed E-state index contributed by atoms with van der Waals surface area (Å²) in [6.07, 6.45) is 5.20. The van der Waals surface area contributed by atoms with Crippen LogP contribution in [0.25, 0.3) is 0 Å². The van der Waals surface area contributed by atoms with Crippen molar-refractivity contribution in [1.29, 1.82) is 0 Å². The molecular formula is C18H26N2O3. The van der Waals surface area contributed by atoms with E-state index in [0.29, 0.717) is 12.5 Å². The van der Waals surface area contributed by atoms with Crippen LogP contribution < -0.4 is 10.1 Å². The van der Waals surface area contributed by atoms with E-state index in [9.17, 15) is 9.90 Å². The molecule has 0 bridgehead atoms. The number of aliphatic hydroxyl groups excluding tert-OH is 1. The van der Waals surface area contributed by atoms with Gasteiger partial charge in [-0.3, -0.25) is 0 Å². The van der Waals surface area contributed by atoms with Crippen LogP contribution >= 0.6 is 0 Å². The molecule has 1 saturated heterocycles. The highest BCUT2D eigenvalue weighted by atomic mass is 16.5. The number of amides is 2. The van der Waals surface area contributed by atoms with Crippen LogP contribution in [-0.4, -0.2) is 48.9 Å². The number of hydrogen-bond donors (Lipinski definition) is 2. The Kier molecular flexibility index (Phi) is 5.06. The molecule has 0 radical (unpaired) electrons. The van der Waals surface area contributed by atoms with Crippen LogP contribution in [0.1, 0.15) is 42.7 Å². The van der Waals surface area contributed by atoms with Crippen LogP contribution in [0.3, 0.4) is 0 Å². The highest BCUT2D eigenvalue weighted by Gasteiger charge is 2.29. The molecule has 23 heavy (non-hydrogen) atoms. The lowest BCUT2D eigenvalue weighted by Crippen LogP contribution is -2.45. The summed E-state index contributed by atoms with van der Waals surface area (Å²) in [6, 6.07) is 6.20. The SMILES string of the molecule is COc1ccc2c(c1)CCC[C@H]2CNC(=O)N1CCC[C@H]1CO. The van der Waals surface area contributed by atoms with Crippen molar-refractivity contribution in [2.75, 3.05) is 26.8 Å². The van der Waals surface area contributed by atoms with Gasteiger partial charge < -0.3 is 20.1 Å². The van der Waals surface area contributed by atoms with Gasteiger partial charge in [0.25, 0.3) is 0 Å². The highest BCUT2D eigenvalue weighted by molar-refractivity contribution is 5.75. The van der Waals surface area contributed by atoms with Gasteiger partial charge in [-0.2, -0.15) is 0 Å². The second kappa shape index (κ2) is 7.21. The number of nitrogens with one attached hydrogen (secondary N) is 1. The molecule has 1 aliphatic carbocycles. The molecule has 0 spiro atoms. The van der Waals surface area contributed by atoms with Gasteiger partial charge in [-0.25, -0.2) is 4.79 Å². The fourth-order valence-corrected chi connectivity index (χ4v) is 3.84. The molecule has 1 aromatic carbocycles. The van der Waals surface area contributed by atoms with Gasteiger partial charge in [-0.05, 0) is 55.4 Å². The number of fused-ring (bicyclic) bond motifs is 1. The summed E-state index contributed by atoms with van der Waals surface area (Å²) in [7, 11) is 1.69. The van der Waals surface area contributed by atoms with Gasteiger partial charge in [0.05, 0.1) is 19.8 Å². The molecule has 1 aromatic rings. The smallest absolute Gasteiger partial charge is 0.317 e. The number of methoxy groups -OCH3 is 1. The van der Waals surface area contributed by atoms with Crippen LogP contribution in [0.2, 0.25) is 0 Å². The van der Waals surface area contributed by atoms with E-state index < -0.39 is 0 Å². The Hall–Kier alpha value is -1.75. The van der Waals surface area contributed by atoms with Crippen molar-refractivity contribution in [1.82, 2.24) is 10.2 Å². The van der Waals surface area contributed by atoms with E-state index in [-0.39, 0.29) is 18.7 Å². The first kappa shape index (κ1) is 16.1. The minimum Gasteiger partial charge on any atom is -0.497 e. The van der Waals surface area contributed by atoms with Gasteiger partial charge in [0, 0.05) is 19.0 Å². The normalized spacial score (nSPS) is 23.5. The maximum absolute atomic E-state index is 12.4. The monoisotopic (exact) mass is 318 g/mol. The van der Waals surface area contributed by atoms with Crippen molar-refractivity contribution >= 4 is 6.03 Å². The molecule has 2 atom stereocenters. The number of carbonyl (C=O) groups is 1. The van der Waals surface area contributed by atoms with Gasteiger partial charge in [0.15, 0.2) is 0 Å². The molecular weight excluding hydrogens is 292 g/mol. The van der Waals surface area contributed by atoms with E-state index in [4.69, 9.17) is 4.74 Å². The first-order chi connectivity index (χ1) is 11.2. The predicted octanol–water partition coefficient (Wildman–Crippen LogP) is 2.28. The van der Waals surface area contributed by atoms with Crippen LogP contribution in [0, 0.1) is 0 Å². The molecule has 5 heteroatoms. The number of urea groups is 1. The van der Waals surface area contributed by atoms with Crippen molar-refractivity contribution in [2.24, 2.45) is 0 Å². The third kappa shape index (κ3) is 3.44. The fraction of sp³-hybridized carbons (Fsp3) is 0.611. The minimum absolute atomic E-state index is 0.0158. The molecule has 3 rings (SSSR count). The zero-order valence-electron chi connectivity index (χ0n) is 13.8. The van der Waals surface area contributed by atoms with Crippen molar-refractivity contribution in [2.45, 2.75) is 44.1 Å². The van der Waals surface area contributed by atoms with E-state index in [1.165, 1.54) is 11.1 Å². The van der Waals surface area contributed by atoms with E-state index in [0.717, 1.165) is 44.4 Å². The standard InChI is InChI=1S/C18H26N2O3/c1-23-16-7-8-17-13(10-16)4-2-5-14(17)11-19-18(22)20-9-3-6-15(20)12-21/h7-8,10,14-15,21H,2-6,9,11-12H2,1H3,(H,19,22)/t14-,15-/m0/s1. The quantitative estimate of drug-likeness (QED) is 0.895. The van der Waals surface area contributed by atoms with Gasteiger partial charge in [-0.1, -0.05) is 6.07 Å². The molecule has 1 fully saturated rings. The van der Waals surface area contributed by atoms with Gasteiger partial charge in [0.1, 0.15) is 5.75 Å². The maximum Gasteiger partial charge on any atom is 0.317 e.